The molecule has 0 aliphatic rings. The van der Waals surface area contributed by atoms with E-state index in [-0.39, 0.29) is 11.1 Å². The molecule has 1 atom stereocenters. The standard InChI is InChI=1S/C14H15ClFN3/c15-14-11(2-1-3-13(14)16)9-12(19-17)8-10-4-6-18-7-5-10/h1-7,12,19H,8-9,17H2. The van der Waals surface area contributed by atoms with Gasteiger partial charge in [0.05, 0.1) is 5.02 Å². The predicted molar refractivity (Wildman–Crippen MR) is 74.2 cm³/mol. The van der Waals surface area contributed by atoms with Gasteiger partial charge in [-0.1, -0.05) is 23.7 Å². The number of hydrazine groups is 1. The lowest BCUT2D eigenvalue weighted by Gasteiger charge is -2.16. The Labute approximate surface area is 116 Å². The molecule has 0 saturated heterocycles. The molecule has 3 N–H and O–H groups in total. The van der Waals surface area contributed by atoms with Crippen molar-refractivity contribution in [1.29, 1.82) is 0 Å². The van der Waals surface area contributed by atoms with Gasteiger partial charge in [0.1, 0.15) is 5.82 Å². The summed E-state index contributed by atoms with van der Waals surface area (Å²) >= 11 is 5.94. The van der Waals surface area contributed by atoms with Crippen molar-refractivity contribution in [3.63, 3.8) is 0 Å². The maximum absolute atomic E-state index is 13.4. The van der Waals surface area contributed by atoms with Crippen LogP contribution in [0, 0.1) is 5.82 Å². The van der Waals surface area contributed by atoms with Gasteiger partial charge in [-0.25, -0.2) is 4.39 Å². The zero-order valence-electron chi connectivity index (χ0n) is 10.3. The van der Waals surface area contributed by atoms with Gasteiger partial charge in [-0.3, -0.25) is 16.3 Å². The summed E-state index contributed by atoms with van der Waals surface area (Å²) in [7, 11) is 0. The van der Waals surface area contributed by atoms with E-state index in [2.05, 4.69) is 10.4 Å². The highest BCUT2D eigenvalue weighted by atomic mass is 35.5. The molecule has 0 radical (unpaired) electrons. The first-order chi connectivity index (χ1) is 9.20. The van der Waals surface area contributed by atoms with E-state index in [0.29, 0.717) is 6.42 Å². The molecule has 1 unspecified atom stereocenters. The Morgan fingerprint density at radius 2 is 1.95 bits per heavy atom. The average molecular weight is 280 g/mol. The van der Waals surface area contributed by atoms with Crippen molar-refractivity contribution in [1.82, 2.24) is 10.4 Å². The largest absolute Gasteiger partial charge is 0.271 e. The van der Waals surface area contributed by atoms with Crippen LogP contribution in [0.1, 0.15) is 11.1 Å². The second-order valence-electron chi connectivity index (χ2n) is 4.34. The summed E-state index contributed by atoms with van der Waals surface area (Å²) in [5.74, 6) is 5.15. The fourth-order valence-electron chi connectivity index (χ4n) is 1.96. The van der Waals surface area contributed by atoms with Crippen LogP contribution in [0.5, 0.6) is 0 Å². The minimum atomic E-state index is -0.404. The van der Waals surface area contributed by atoms with Crippen LogP contribution in [0.3, 0.4) is 0 Å². The lowest BCUT2D eigenvalue weighted by molar-refractivity contribution is 0.520. The van der Waals surface area contributed by atoms with Crippen molar-refractivity contribution in [3.05, 3.63) is 64.7 Å². The maximum Gasteiger partial charge on any atom is 0.142 e. The highest BCUT2D eigenvalue weighted by Crippen LogP contribution is 2.21. The first-order valence-electron chi connectivity index (χ1n) is 5.98. The topological polar surface area (TPSA) is 50.9 Å². The molecule has 2 aromatic rings. The molecule has 19 heavy (non-hydrogen) atoms. The number of hydrogen-bond donors (Lipinski definition) is 2. The van der Waals surface area contributed by atoms with Crippen molar-refractivity contribution < 1.29 is 4.39 Å². The van der Waals surface area contributed by atoms with Gasteiger partial charge in [0.25, 0.3) is 0 Å². The van der Waals surface area contributed by atoms with Gasteiger partial charge in [0.2, 0.25) is 0 Å². The first-order valence-corrected chi connectivity index (χ1v) is 6.36. The van der Waals surface area contributed by atoms with Gasteiger partial charge in [0, 0.05) is 18.4 Å². The number of benzene rings is 1. The smallest absolute Gasteiger partial charge is 0.142 e. The second-order valence-corrected chi connectivity index (χ2v) is 4.72. The molecule has 0 saturated carbocycles. The number of aromatic nitrogens is 1. The quantitative estimate of drug-likeness (QED) is 0.653. The fraction of sp³-hybridized carbons (Fsp3) is 0.214. The number of pyridine rings is 1. The third kappa shape index (κ3) is 3.73. The van der Waals surface area contributed by atoms with Gasteiger partial charge >= 0.3 is 0 Å². The molecule has 0 amide bonds. The van der Waals surface area contributed by atoms with Crippen molar-refractivity contribution in [2.75, 3.05) is 0 Å². The molecule has 2 rings (SSSR count). The highest BCUT2D eigenvalue weighted by molar-refractivity contribution is 6.31. The number of nitrogens with zero attached hydrogens (tertiary/aromatic N) is 1. The van der Waals surface area contributed by atoms with Crippen LogP contribution < -0.4 is 11.3 Å². The molecule has 0 fully saturated rings. The molecule has 1 aromatic heterocycles. The average Bonchev–Trinajstić information content (AvgIpc) is 2.44. The molecule has 5 heteroatoms. The Hall–Kier alpha value is -1.49. The van der Waals surface area contributed by atoms with Crippen molar-refractivity contribution in [2.45, 2.75) is 18.9 Å². The molecule has 3 nitrogen and oxygen atoms in total. The molecule has 1 aromatic carbocycles. The SMILES string of the molecule is NNC(Cc1ccncc1)Cc1cccc(F)c1Cl. The minimum absolute atomic E-state index is 0.0123. The van der Waals surface area contributed by atoms with Gasteiger partial charge in [0.15, 0.2) is 0 Å². The van der Waals surface area contributed by atoms with Gasteiger partial charge in [-0.2, -0.15) is 0 Å². The van der Waals surface area contributed by atoms with Gasteiger partial charge in [-0.15, -0.1) is 0 Å². The van der Waals surface area contributed by atoms with E-state index < -0.39 is 5.82 Å². The third-order valence-electron chi connectivity index (χ3n) is 2.97. The molecule has 0 aliphatic heterocycles. The normalized spacial score (nSPS) is 12.4. The molecular weight excluding hydrogens is 265 g/mol. The lowest BCUT2D eigenvalue weighted by atomic mass is 10.00. The Balaban J connectivity index is 2.09. The van der Waals surface area contributed by atoms with E-state index in [0.717, 1.165) is 17.5 Å². The fourth-order valence-corrected chi connectivity index (χ4v) is 2.17. The van der Waals surface area contributed by atoms with Gasteiger partial charge in [-0.05, 0) is 42.2 Å². The highest BCUT2D eigenvalue weighted by Gasteiger charge is 2.13. The first kappa shape index (κ1) is 13.9. The van der Waals surface area contributed by atoms with Crippen LogP contribution in [0.4, 0.5) is 4.39 Å². The summed E-state index contributed by atoms with van der Waals surface area (Å²) in [6.45, 7) is 0. The monoisotopic (exact) mass is 279 g/mol. The Morgan fingerprint density at radius 1 is 1.21 bits per heavy atom. The number of halogens is 2. The molecule has 0 bridgehead atoms. The summed E-state index contributed by atoms with van der Waals surface area (Å²) < 4.78 is 13.4. The van der Waals surface area contributed by atoms with Crippen LogP contribution in [-0.2, 0) is 12.8 Å². The van der Waals surface area contributed by atoms with E-state index in [1.807, 2.05) is 18.2 Å². The van der Waals surface area contributed by atoms with Crippen molar-refractivity contribution in [3.8, 4) is 0 Å². The molecule has 1 heterocycles. The summed E-state index contributed by atoms with van der Waals surface area (Å²) in [6, 6.07) is 8.65. The Bertz CT molecular complexity index is 533. The zero-order chi connectivity index (χ0) is 13.7. The summed E-state index contributed by atoms with van der Waals surface area (Å²) in [5.41, 5.74) is 4.61. The second kappa shape index (κ2) is 6.61. The predicted octanol–water partition coefficient (Wildman–Crippen LogP) is 2.49. The van der Waals surface area contributed by atoms with Crippen LogP contribution in [0.2, 0.25) is 5.02 Å². The van der Waals surface area contributed by atoms with E-state index in [9.17, 15) is 4.39 Å². The minimum Gasteiger partial charge on any atom is -0.271 e. The molecule has 100 valence electrons. The Morgan fingerprint density at radius 3 is 2.63 bits per heavy atom. The van der Waals surface area contributed by atoms with E-state index in [4.69, 9.17) is 17.4 Å². The van der Waals surface area contributed by atoms with Crippen LogP contribution in [0.15, 0.2) is 42.7 Å². The van der Waals surface area contributed by atoms with Crippen LogP contribution in [0.25, 0.3) is 0 Å². The van der Waals surface area contributed by atoms with Crippen molar-refractivity contribution >= 4 is 11.6 Å². The molecule has 0 aliphatic carbocycles. The van der Waals surface area contributed by atoms with Crippen LogP contribution >= 0.6 is 11.6 Å². The zero-order valence-corrected chi connectivity index (χ0v) is 11.1. The Kier molecular flexibility index (Phi) is 4.85. The van der Waals surface area contributed by atoms with Crippen LogP contribution in [-0.4, -0.2) is 11.0 Å². The lowest BCUT2D eigenvalue weighted by Crippen LogP contribution is -2.38. The maximum atomic E-state index is 13.4. The summed E-state index contributed by atoms with van der Waals surface area (Å²) in [4.78, 5) is 3.97. The summed E-state index contributed by atoms with van der Waals surface area (Å²) in [6.07, 6.45) is 4.76. The number of rotatable bonds is 5. The van der Waals surface area contributed by atoms with E-state index in [1.165, 1.54) is 6.07 Å². The van der Waals surface area contributed by atoms with E-state index >= 15 is 0 Å². The third-order valence-corrected chi connectivity index (χ3v) is 3.39. The molecular formula is C14H15ClFN3. The molecule has 0 spiro atoms. The van der Waals surface area contributed by atoms with Gasteiger partial charge < -0.3 is 0 Å². The van der Waals surface area contributed by atoms with E-state index in [1.54, 1.807) is 18.5 Å². The number of nitrogens with one attached hydrogen (secondary N) is 1. The van der Waals surface area contributed by atoms with Crippen molar-refractivity contribution in [2.24, 2.45) is 5.84 Å². The number of nitrogens with two attached hydrogens (primary N) is 1. The number of hydrogen-bond acceptors (Lipinski definition) is 3. The summed E-state index contributed by atoms with van der Waals surface area (Å²) in [5, 5.41) is 0.164.